The summed E-state index contributed by atoms with van der Waals surface area (Å²) in [6.07, 6.45) is 11.4. The van der Waals surface area contributed by atoms with Gasteiger partial charge >= 0.3 is 0 Å². The van der Waals surface area contributed by atoms with Crippen molar-refractivity contribution in [1.82, 2.24) is 0 Å². The first-order valence-electron chi connectivity index (χ1n) is 11.6. The van der Waals surface area contributed by atoms with Crippen molar-refractivity contribution in [2.45, 2.75) is 24.2 Å². The van der Waals surface area contributed by atoms with Gasteiger partial charge in [0.15, 0.2) is 6.73 Å². The van der Waals surface area contributed by atoms with Gasteiger partial charge in [0, 0.05) is 34.6 Å². The highest BCUT2D eigenvalue weighted by molar-refractivity contribution is 8.04. The summed E-state index contributed by atoms with van der Waals surface area (Å²) < 4.78 is 12.2. The van der Waals surface area contributed by atoms with Crippen LogP contribution in [-0.2, 0) is 9.47 Å². The minimum Gasteiger partial charge on any atom is -0.473 e. The number of fused-ring (bicyclic) bond motifs is 1. The van der Waals surface area contributed by atoms with E-state index in [9.17, 15) is 0 Å². The number of para-hydroxylation sites is 2. The molecule has 2 atom stereocenters. The maximum atomic E-state index is 6.17. The fourth-order valence-electron chi connectivity index (χ4n) is 4.87. The highest BCUT2D eigenvalue weighted by atomic mass is 32.2. The molecular weight excluding hydrogens is 428 g/mol. The van der Waals surface area contributed by atoms with Crippen molar-refractivity contribution >= 4 is 23.1 Å². The molecule has 0 amide bonds. The van der Waals surface area contributed by atoms with Gasteiger partial charge in [-0.2, -0.15) is 0 Å². The SMILES string of the molecule is C1=CC(SC2=CCC3OCN(c4ccccc4)CC3=C2)CC2=C1OCN(c1ccccc1)C2. The summed E-state index contributed by atoms with van der Waals surface area (Å²) >= 11 is 1.96. The van der Waals surface area contributed by atoms with E-state index < -0.39 is 0 Å². The van der Waals surface area contributed by atoms with E-state index in [-0.39, 0.29) is 6.10 Å². The summed E-state index contributed by atoms with van der Waals surface area (Å²) in [6.45, 7) is 3.13. The molecule has 0 radical (unpaired) electrons. The van der Waals surface area contributed by atoms with Gasteiger partial charge in [0.25, 0.3) is 0 Å². The normalized spacial score (nSPS) is 24.5. The second-order valence-electron chi connectivity index (χ2n) is 8.87. The molecule has 0 aromatic heterocycles. The molecule has 0 bridgehead atoms. The van der Waals surface area contributed by atoms with Gasteiger partial charge in [-0.15, -0.1) is 11.8 Å². The number of anilines is 2. The van der Waals surface area contributed by atoms with Crippen LogP contribution in [-0.4, -0.2) is 37.9 Å². The summed E-state index contributed by atoms with van der Waals surface area (Å²) in [7, 11) is 0. The third-order valence-corrected chi connectivity index (χ3v) is 7.81. The maximum Gasteiger partial charge on any atom is 0.161 e. The Hall–Kier alpha value is -2.89. The van der Waals surface area contributed by atoms with Crippen LogP contribution in [0.25, 0.3) is 0 Å². The highest BCUT2D eigenvalue weighted by Crippen LogP contribution is 2.39. The lowest BCUT2D eigenvalue weighted by molar-refractivity contribution is 0.0607. The molecule has 2 aromatic rings. The van der Waals surface area contributed by atoms with Crippen molar-refractivity contribution in [2.24, 2.45) is 0 Å². The molecule has 33 heavy (non-hydrogen) atoms. The van der Waals surface area contributed by atoms with E-state index in [1.54, 1.807) is 0 Å². The predicted molar refractivity (Wildman–Crippen MR) is 136 cm³/mol. The first-order valence-corrected chi connectivity index (χ1v) is 12.5. The Bertz CT molecular complexity index is 1120. The topological polar surface area (TPSA) is 24.9 Å². The molecule has 168 valence electrons. The van der Waals surface area contributed by atoms with E-state index in [2.05, 4.69) is 94.8 Å². The average molecular weight is 457 g/mol. The van der Waals surface area contributed by atoms with Crippen LogP contribution in [0.4, 0.5) is 11.4 Å². The summed E-state index contributed by atoms with van der Waals surface area (Å²) in [4.78, 5) is 5.98. The van der Waals surface area contributed by atoms with Gasteiger partial charge in [0.05, 0.1) is 6.10 Å². The van der Waals surface area contributed by atoms with Crippen LogP contribution in [0.3, 0.4) is 0 Å². The number of rotatable bonds is 4. The van der Waals surface area contributed by atoms with Crippen molar-refractivity contribution < 1.29 is 9.47 Å². The summed E-state index contributed by atoms with van der Waals surface area (Å²) in [5.41, 5.74) is 5.21. The third-order valence-electron chi connectivity index (χ3n) is 6.63. The van der Waals surface area contributed by atoms with Gasteiger partial charge in [-0.3, -0.25) is 0 Å². The van der Waals surface area contributed by atoms with E-state index in [1.165, 1.54) is 27.4 Å². The van der Waals surface area contributed by atoms with Gasteiger partial charge in [-0.1, -0.05) is 48.6 Å². The van der Waals surface area contributed by atoms with Gasteiger partial charge < -0.3 is 19.3 Å². The van der Waals surface area contributed by atoms with Crippen LogP contribution >= 0.6 is 11.8 Å². The molecule has 2 aromatic carbocycles. The number of hydrogen-bond acceptors (Lipinski definition) is 5. The molecule has 0 N–H and O–H groups in total. The molecule has 1 fully saturated rings. The lowest BCUT2D eigenvalue weighted by Crippen LogP contribution is -2.40. The van der Waals surface area contributed by atoms with Crippen LogP contribution in [0.5, 0.6) is 0 Å². The largest absolute Gasteiger partial charge is 0.473 e. The summed E-state index contributed by atoms with van der Waals surface area (Å²) in [5, 5.41) is 0.428. The van der Waals surface area contributed by atoms with Gasteiger partial charge in [-0.05, 0) is 60.4 Å². The Morgan fingerprint density at radius 2 is 1.58 bits per heavy atom. The van der Waals surface area contributed by atoms with Crippen molar-refractivity contribution in [3.05, 3.63) is 107 Å². The van der Waals surface area contributed by atoms with Crippen molar-refractivity contribution in [3.8, 4) is 0 Å². The number of allylic oxidation sites excluding steroid dienone is 2. The monoisotopic (exact) mass is 456 g/mol. The van der Waals surface area contributed by atoms with Crippen LogP contribution in [0.15, 0.2) is 107 Å². The molecule has 2 aliphatic heterocycles. The summed E-state index contributed by atoms with van der Waals surface area (Å²) in [5.74, 6) is 1.06. The van der Waals surface area contributed by atoms with Gasteiger partial charge in [-0.25, -0.2) is 0 Å². The molecule has 4 aliphatic rings. The molecule has 1 saturated heterocycles. The van der Waals surface area contributed by atoms with Crippen molar-refractivity contribution in [3.63, 3.8) is 0 Å². The van der Waals surface area contributed by atoms with E-state index >= 15 is 0 Å². The molecule has 2 aliphatic carbocycles. The highest BCUT2D eigenvalue weighted by Gasteiger charge is 2.29. The second kappa shape index (κ2) is 9.16. The minimum atomic E-state index is 0.219. The first kappa shape index (κ1) is 20.7. The van der Waals surface area contributed by atoms with Gasteiger partial charge in [0.2, 0.25) is 0 Å². The van der Waals surface area contributed by atoms with Crippen molar-refractivity contribution in [1.29, 1.82) is 0 Å². The molecule has 0 saturated carbocycles. The zero-order valence-corrected chi connectivity index (χ0v) is 19.4. The van der Waals surface area contributed by atoms with E-state index in [4.69, 9.17) is 9.47 Å². The fraction of sp³-hybridized carbons (Fsp3) is 0.286. The third kappa shape index (κ3) is 4.48. The maximum absolute atomic E-state index is 6.17. The predicted octanol–water partition coefficient (Wildman–Crippen LogP) is 5.87. The van der Waals surface area contributed by atoms with Crippen LogP contribution < -0.4 is 9.80 Å². The van der Waals surface area contributed by atoms with Crippen molar-refractivity contribution in [2.75, 3.05) is 36.4 Å². The molecule has 4 nitrogen and oxygen atoms in total. The smallest absolute Gasteiger partial charge is 0.161 e. The van der Waals surface area contributed by atoms with E-state index in [0.717, 1.165) is 31.7 Å². The van der Waals surface area contributed by atoms with E-state index in [1.807, 2.05) is 11.8 Å². The minimum absolute atomic E-state index is 0.219. The second-order valence-corrected chi connectivity index (χ2v) is 10.2. The lowest BCUT2D eigenvalue weighted by atomic mass is 9.99. The fourth-order valence-corrected chi connectivity index (χ4v) is 6.07. The molecule has 6 rings (SSSR count). The zero-order valence-electron chi connectivity index (χ0n) is 18.6. The number of hydrogen-bond donors (Lipinski definition) is 0. The zero-order chi connectivity index (χ0) is 22.0. The average Bonchev–Trinajstić information content (AvgIpc) is 2.89. The Kier molecular flexibility index (Phi) is 5.75. The Morgan fingerprint density at radius 1 is 0.848 bits per heavy atom. The Balaban J connectivity index is 1.11. The standard InChI is InChI=1S/C28H28N2O2S/c1-3-7-23(8-4-1)29-17-21-15-25(11-13-27(21)31-19-29)33-26-12-14-28-22(16-26)18-30(20-32-28)24-9-5-2-6-10-24/h1-13,16,25,28H,14-15,17-20H2. The number of ether oxygens (including phenoxy) is 2. The Morgan fingerprint density at radius 3 is 2.33 bits per heavy atom. The molecule has 0 spiro atoms. The molecule has 2 unspecified atom stereocenters. The quantitative estimate of drug-likeness (QED) is 0.573. The van der Waals surface area contributed by atoms with Crippen LogP contribution in [0, 0.1) is 0 Å². The van der Waals surface area contributed by atoms with Crippen LogP contribution in [0.1, 0.15) is 12.8 Å². The first-order chi connectivity index (χ1) is 16.3. The van der Waals surface area contributed by atoms with Crippen LogP contribution in [0.2, 0.25) is 0 Å². The number of benzene rings is 2. The molecule has 2 heterocycles. The molecular formula is C28H28N2O2S. The number of nitrogens with zero attached hydrogens (tertiary/aromatic N) is 2. The Labute approximate surface area is 199 Å². The molecule has 5 heteroatoms. The lowest BCUT2D eigenvalue weighted by Gasteiger charge is -2.37. The number of thioether (sulfide) groups is 1. The van der Waals surface area contributed by atoms with E-state index in [0.29, 0.717) is 18.7 Å². The summed E-state index contributed by atoms with van der Waals surface area (Å²) in [6, 6.07) is 21.1. The van der Waals surface area contributed by atoms with Gasteiger partial charge in [0.1, 0.15) is 12.5 Å².